The molecule has 1 nitrogen and oxygen atoms in total. The van der Waals surface area contributed by atoms with Gasteiger partial charge in [-0.1, -0.05) is 55.0 Å². The number of hydrogen-bond donors (Lipinski definition) is 0. The van der Waals surface area contributed by atoms with Gasteiger partial charge in [-0.3, -0.25) is 0 Å². The average molecular weight is 334 g/mol. The van der Waals surface area contributed by atoms with Gasteiger partial charge in [-0.05, 0) is 10.8 Å². The van der Waals surface area contributed by atoms with Crippen LogP contribution in [0.2, 0.25) is 0 Å². The van der Waals surface area contributed by atoms with Gasteiger partial charge in [0.25, 0.3) is 6.10 Å². The Hall–Kier alpha value is -0.880. The molecule has 0 saturated heterocycles. The molecule has 0 saturated carbocycles. The topological polar surface area (TPSA) is 9.23 Å². The Bertz CT molecular complexity index is 378. The highest BCUT2D eigenvalue weighted by Gasteiger charge is 2.61. The second-order valence-electron chi connectivity index (χ2n) is 7.63. The van der Waals surface area contributed by atoms with Crippen LogP contribution in [0, 0.1) is 16.2 Å². The van der Waals surface area contributed by atoms with Crippen molar-refractivity contribution in [2.75, 3.05) is 0 Å². The summed E-state index contributed by atoms with van der Waals surface area (Å²) in [6.07, 6.45) is -15.0. The predicted octanol–water partition coefficient (Wildman–Crippen LogP) is 6.11. The first-order chi connectivity index (χ1) is 9.26. The zero-order valence-corrected chi connectivity index (χ0v) is 14.0. The van der Waals surface area contributed by atoms with Gasteiger partial charge < -0.3 is 4.74 Å². The fraction of sp³-hybridized carbons (Fsp3) is 0.867. The smallest absolute Gasteiger partial charge is 0.434 e. The molecule has 22 heavy (non-hydrogen) atoms. The number of allylic oxidation sites excluding steroid dienone is 1. The highest BCUT2D eigenvalue weighted by molar-refractivity contribution is 5.13. The van der Waals surface area contributed by atoms with Crippen molar-refractivity contribution in [2.45, 2.75) is 66.9 Å². The summed E-state index contributed by atoms with van der Waals surface area (Å²) in [5, 5.41) is 0. The van der Waals surface area contributed by atoms with E-state index in [-0.39, 0.29) is 0 Å². The number of ether oxygens (including phenoxy) is 1. The first-order valence-electron chi connectivity index (χ1n) is 6.75. The molecule has 0 amide bonds. The fourth-order valence-electron chi connectivity index (χ4n) is 2.54. The van der Waals surface area contributed by atoms with Crippen molar-refractivity contribution in [3.63, 3.8) is 0 Å². The molecule has 0 aliphatic rings. The van der Waals surface area contributed by atoms with Crippen molar-refractivity contribution < 1.29 is 31.1 Å². The van der Waals surface area contributed by atoms with Gasteiger partial charge in [-0.25, -0.2) is 0 Å². The van der Waals surface area contributed by atoms with E-state index in [4.69, 9.17) is 0 Å². The van der Waals surface area contributed by atoms with Gasteiger partial charge in [0.1, 0.15) is 0 Å². The zero-order valence-electron chi connectivity index (χ0n) is 14.0. The molecule has 132 valence electrons. The number of hydrogen-bond acceptors (Lipinski definition) is 1. The molecule has 0 bridgehead atoms. The van der Waals surface area contributed by atoms with Crippen molar-refractivity contribution in [1.29, 1.82) is 0 Å². The first-order valence-corrected chi connectivity index (χ1v) is 6.75. The summed E-state index contributed by atoms with van der Waals surface area (Å²) in [4.78, 5) is 0. The van der Waals surface area contributed by atoms with Crippen LogP contribution in [0.25, 0.3) is 0 Å². The third-order valence-corrected chi connectivity index (χ3v) is 4.41. The minimum Gasteiger partial charge on any atom is -0.476 e. The second-order valence-corrected chi connectivity index (χ2v) is 7.63. The molecule has 0 unspecified atom stereocenters. The predicted molar refractivity (Wildman–Crippen MR) is 73.1 cm³/mol. The number of halogens is 6. The largest absolute Gasteiger partial charge is 0.476 e. The third-order valence-electron chi connectivity index (χ3n) is 4.41. The summed E-state index contributed by atoms with van der Waals surface area (Å²) >= 11 is 0. The Kier molecular flexibility index (Phi) is 5.41. The van der Waals surface area contributed by atoms with Gasteiger partial charge >= 0.3 is 12.4 Å². The van der Waals surface area contributed by atoms with Crippen LogP contribution in [0.3, 0.4) is 0 Å². The minimum absolute atomic E-state index is 0.521. The standard InChI is InChI=1S/C15H24F6O/c1-9(13(8,11(2,3)4)12(5,6)7)22-10(14(16,17)18)15(19,20)21/h10H,1H2,2-8H3. The Labute approximate surface area is 127 Å². The third kappa shape index (κ3) is 4.10. The second kappa shape index (κ2) is 5.64. The summed E-state index contributed by atoms with van der Waals surface area (Å²) in [7, 11) is 0. The van der Waals surface area contributed by atoms with Crippen molar-refractivity contribution in [2.24, 2.45) is 16.2 Å². The van der Waals surface area contributed by atoms with Crippen LogP contribution in [0.1, 0.15) is 48.5 Å². The van der Waals surface area contributed by atoms with Crippen molar-refractivity contribution >= 4 is 0 Å². The van der Waals surface area contributed by atoms with Crippen molar-refractivity contribution in [3.8, 4) is 0 Å². The molecule has 0 N–H and O–H groups in total. The highest BCUT2D eigenvalue weighted by atomic mass is 19.4. The maximum atomic E-state index is 12.7. The van der Waals surface area contributed by atoms with Crippen LogP contribution in [0.4, 0.5) is 26.3 Å². The minimum atomic E-state index is -5.56. The SMILES string of the molecule is C=C(OC(C(F)(F)F)C(F)(F)F)C(C)(C(C)(C)C)C(C)(C)C. The van der Waals surface area contributed by atoms with E-state index in [1.807, 2.05) is 0 Å². The maximum Gasteiger partial charge on any atom is 0.434 e. The molecule has 0 aromatic carbocycles. The van der Waals surface area contributed by atoms with Gasteiger partial charge in [0.2, 0.25) is 0 Å². The summed E-state index contributed by atoms with van der Waals surface area (Å²) < 4.78 is 80.4. The lowest BCUT2D eigenvalue weighted by Crippen LogP contribution is -2.50. The maximum absolute atomic E-state index is 12.7. The van der Waals surface area contributed by atoms with E-state index in [1.54, 1.807) is 48.5 Å². The number of rotatable bonds is 3. The van der Waals surface area contributed by atoms with E-state index >= 15 is 0 Å². The molecule has 0 aromatic rings. The monoisotopic (exact) mass is 334 g/mol. The fourth-order valence-corrected chi connectivity index (χ4v) is 2.54. The molecule has 0 aliphatic carbocycles. The normalized spacial score (nSPS) is 15.2. The van der Waals surface area contributed by atoms with E-state index in [9.17, 15) is 26.3 Å². The summed E-state index contributed by atoms with van der Waals surface area (Å²) in [5.74, 6) is -0.521. The van der Waals surface area contributed by atoms with E-state index < -0.39 is 40.5 Å². The Balaban J connectivity index is 5.83. The molecule has 0 rings (SSSR count). The molecule has 0 aromatic heterocycles. The lowest BCUT2D eigenvalue weighted by atomic mass is 9.54. The molecule has 0 spiro atoms. The first kappa shape index (κ1) is 21.1. The molecule has 0 fully saturated rings. The van der Waals surface area contributed by atoms with Crippen LogP contribution in [-0.2, 0) is 4.74 Å². The molecule has 7 heteroatoms. The molecule has 0 heterocycles. The molecular formula is C15H24F6O. The summed E-state index contributed by atoms with van der Waals surface area (Å²) in [6, 6.07) is 0. The van der Waals surface area contributed by atoms with E-state index in [0.29, 0.717) is 0 Å². The van der Waals surface area contributed by atoms with Crippen molar-refractivity contribution in [1.82, 2.24) is 0 Å². The molecule has 0 atom stereocenters. The summed E-state index contributed by atoms with van der Waals surface area (Å²) in [5.41, 5.74) is -2.44. The van der Waals surface area contributed by atoms with Gasteiger partial charge in [-0.2, -0.15) is 26.3 Å². The van der Waals surface area contributed by atoms with E-state index in [0.717, 1.165) is 0 Å². The van der Waals surface area contributed by atoms with Crippen LogP contribution < -0.4 is 0 Å². The highest BCUT2D eigenvalue weighted by Crippen LogP contribution is 2.56. The van der Waals surface area contributed by atoms with Gasteiger partial charge in [-0.15, -0.1) is 0 Å². The molecule has 0 aliphatic heterocycles. The zero-order chi connectivity index (χ0) is 18.4. The van der Waals surface area contributed by atoms with E-state index in [2.05, 4.69) is 11.3 Å². The Morgan fingerprint density at radius 3 is 1.18 bits per heavy atom. The Morgan fingerprint density at radius 2 is 1.00 bits per heavy atom. The van der Waals surface area contributed by atoms with E-state index in [1.165, 1.54) is 0 Å². The van der Waals surface area contributed by atoms with Crippen LogP contribution >= 0.6 is 0 Å². The van der Waals surface area contributed by atoms with Gasteiger partial charge in [0.15, 0.2) is 0 Å². The van der Waals surface area contributed by atoms with Crippen molar-refractivity contribution in [3.05, 3.63) is 12.3 Å². The van der Waals surface area contributed by atoms with Crippen LogP contribution in [-0.4, -0.2) is 18.5 Å². The lowest BCUT2D eigenvalue weighted by Gasteiger charge is -2.52. The van der Waals surface area contributed by atoms with Gasteiger partial charge in [0, 0.05) is 5.41 Å². The van der Waals surface area contributed by atoms with Crippen LogP contribution in [0.5, 0.6) is 0 Å². The lowest BCUT2D eigenvalue weighted by molar-refractivity contribution is -0.318. The molecular weight excluding hydrogens is 310 g/mol. The quantitative estimate of drug-likeness (QED) is 0.447. The number of alkyl halides is 6. The van der Waals surface area contributed by atoms with Gasteiger partial charge in [0.05, 0.1) is 5.76 Å². The van der Waals surface area contributed by atoms with Crippen LogP contribution in [0.15, 0.2) is 12.3 Å². The Morgan fingerprint density at radius 1 is 0.727 bits per heavy atom. The molecule has 0 radical (unpaired) electrons. The summed E-state index contributed by atoms with van der Waals surface area (Å²) in [6.45, 7) is 15.3. The average Bonchev–Trinajstić information content (AvgIpc) is 2.17.